The van der Waals surface area contributed by atoms with E-state index in [4.69, 9.17) is 10.2 Å². The molecule has 0 spiro atoms. The van der Waals surface area contributed by atoms with Crippen molar-refractivity contribution in [2.45, 2.75) is 32.3 Å². The Balaban J connectivity index is 2.24. The first-order valence-electron chi connectivity index (χ1n) is 6.39. The van der Waals surface area contributed by atoms with Gasteiger partial charge in [-0.15, -0.1) is 0 Å². The summed E-state index contributed by atoms with van der Waals surface area (Å²) in [6, 6.07) is 0. The monoisotopic (exact) mass is 258 g/mol. The maximum Gasteiger partial charge on any atom is 0.334 e. The summed E-state index contributed by atoms with van der Waals surface area (Å²) in [6.45, 7) is 3.78. The molecule has 1 rings (SSSR count). The molecule has 1 heterocycles. The van der Waals surface area contributed by atoms with Crippen LogP contribution in [0.1, 0.15) is 26.2 Å². The molecular formula is C12H22N2O4. The minimum Gasteiger partial charge on any atom is -0.479 e. The third-order valence-electron chi connectivity index (χ3n) is 3.42. The molecule has 0 bridgehead atoms. The fourth-order valence-corrected chi connectivity index (χ4v) is 2.19. The molecule has 1 aliphatic rings. The molecule has 104 valence electrons. The van der Waals surface area contributed by atoms with Crippen LogP contribution in [0.5, 0.6) is 0 Å². The normalized spacial score (nSPS) is 23.1. The predicted octanol–water partition coefficient (Wildman–Crippen LogP) is -0.426. The highest BCUT2D eigenvalue weighted by atomic mass is 16.4. The Labute approximate surface area is 107 Å². The molecule has 18 heavy (non-hydrogen) atoms. The van der Waals surface area contributed by atoms with Crippen molar-refractivity contribution < 1.29 is 19.8 Å². The zero-order valence-electron chi connectivity index (χ0n) is 10.7. The Morgan fingerprint density at radius 2 is 2.22 bits per heavy atom. The fourth-order valence-electron chi connectivity index (χ4n) is 2.19. The largest absolute Gasteiger partial charge is 0.479 e. The summed E-state index contributed by atoms with van der Waals surface area (Å²) in [6.07, 6.45) is 1.10. The smallest absolute Gasteiger partial charge is 0.334 e. The molecule has 1 saturated heterocycles. The van der Waals surface area contributed by atoms with E-state index in [2.05, 4.69) is 10.6 Å². The quantitative estimate of drug-likeness (QED) is 0.518. The number of rotatable bonds is 6. The van der Waals surface area contributed by atoms with Gasteiger partial charge in [-0.1, -0.05) is 6.92 Å². The average molecular weight is 258 g/mol. The number of aliphatic hydroxyl groups is 1. The van der Waals surface area contributed by atoms with Crippen LogP contribution in [-0.4, -0.2) is 47.8 Å². The Kier molecular flexibility index (Phi) is 6.07. The summed E-state index contributed by atoms with van der Waals surface area (Å²) in [5.74, 6) is -0.762. The van der Waals surface area contributed by atoms with Crippen LogP contribution in [0.15, 0.2) is 0 Å². The molecule has 2 unspecified atom stereocenters. The first kappa shape index (κ1) is 14.9. The van der Waals surface area contributed by atoms with Crippen molar-refractivity contribution in [3.63, 3.8) is 0 Å². The maximum atomic E-state index is 11.6. The number of hydrogen-bond donors (Lipinski definition) is 4. The van der Waals surface area contributed by atoms with E-state index in [1.165, 1.54) is 0 Å². The van der Waals surface area contributed by atoms with Crippen molar-refractivity contribution in [2.75, 3.05) is 19.6 Å². The van der Waals surface area contributed by atoms with Gasteiger partial charge in [-0.25, -0.2) is 4.79 Å². The van der Waals surface area contributed by atoms with Gasteiger partial charge < -0.3 is 20.8 Å². The van der Waals surface area contributed by atoms with E-state index in [1.54, 1.807) is 0 Å². The van der Waals surface area contributed by atoms with Crippen LogP contribution in [0.25, 0.3) is 0 Å². The van der Waals surface area contributed by atoms with Crippen LogP contribution in [0.2, 0.25) is 0 Å². The van der Waals surface area contributed by atoms with E-state index in [0.29, 0.717) is 12.3 Å². The van der Waals surface area contributed by atoms with Crippen molar-refractivity contribution in [2.24, 2.45) is 11.8 Å². The minimum absolute atomic E-state index is 0.201. The van der Waals surface area contributed by atoms with Crippen molar-refractivity contribution in [1.82, 2.24) is 10.6 Å². The van der Waals surface area contributed by atoms with E-state index >= 15 is 0 Å². The molecule has 4 N–H and O–H groups in total. The van der Waals surface area contributed by atoms with Crippen LogP contribution in [0.4, 0.5) is 0 Å². The first-order chi connectivity index (χ1) is 8.50. The summed E-state index contributed by atoms with van der Waals surface area (Å²) >= 11 is 0. The standard InChI is InChI=1S/C12H22N2O4/c1-8(9-3-2-4-13-6-9)5-11(16)14-7-10(15)12(17)18/h8-10,13,15H,2-7H2,1H3,(H,14,16)(H,17,18)/t8?,9?,10-/m0/s1. The summed E-state index contributed by atoms with van der Waals surface area (Å²) in [5.41, 5.74) is 0. The number of nitrogens with one attached hydrogen (secondary N) is 2. The van der Waals surface area contributed by atoms with Gasteiger partial charge in [0.05, 0.1) is 6.54 Å². The van der Waals surface area contributed by atoms with E-state index in [9.17, 15) is 9.59 Å². The van der Waals surface area contributed by atoms with Gasteiger partial charge >= 0.3 is 5.97 Å². The molecular weight excluding hydrogens is 236 g/mol. The highest BCUT2D eigenvalue weighted by Gasteiger charge is 2.22. The molecule has 1 amide bonds. The van der Waals surface area contributed by atoms with Gasteiger partial charge in [0.25, 0.3) is 0 Å². The molecule has 3 atom stereocenters. The SMILES string of the molecule is CC(CC(=O)NC[C@H](O)C(=O)O)C1CCCNC1. The lowest BCUT2D eigenvalue weighted by molar-refractivity contribution is -0.146. The van der Waals surface area contributed by atoms with Crippen molar-refractivity contribution in [3.8, 4) is 0 Å². The molecule has 0 aromatic heterocycles. The molecule has 0 aromatic carbocycles. The molecule has 6 nitrogen and oxygen atoms in total. The Hall–Kier alpha value is -1.14. The van der Waals surface area contributed by atoms with Gasteiger partial charge in [-0.05, 0) is 37.8 Å². The maximum absolute atomic E-state index is 11.6. The zero-order valence-corrected chi connectivity index (χ0v) is 10.7. The lowest BCUT2D eigenvalue weighted by Crippen LogP contribution is -2.39. The third-order valence-corrected chi connectivity index (χ3v) is 3.42. The van der Waals surface area contributed by atoms with Gasteiger partial charge in [-0.3, -0.25) is 4.79 Å². The van der Waals surface area contributed by atoms with Gasteiger partial charge in [0.15, 0.2) is 6.10 Å². The highest BCUT2D eigenvalue weighted by molar-refractivity contribution is 5.78. The number of carboxylic acid groups (broad SMARTS) is 1. The van der Waals surface area contributed by atoms with Gasteiger partial charge in [0.1, 0.15) is 0 Å². The zero-order chi connectivity index (χ0) is 13.5. The lowest BCUT2D eigenvalue weighted by atomic mass is 9.85. The topological polar surface area (TPSA) is 98.7 Å². The molecule has 0 aromatic rings. The second kappa shape index (κ2) is 7.33. The third kappa shape index (κ3) is 5.01. The number of carboxylic acids is 1. The Bertz CT molecular complexity index is 290. The minimum atomic E-state index is -1.53. The van der Waals surface area contributed by atoms with Crippen LogP contribution < -0.4 is 10.6 Å². The van der Waals surface area contributed by atoms with Crippen LogP contribution in [0, 0.1) is 11.8 Å². The highest BCUT2D eigenvalue weighted by Crippen LogP contribution is 2.22. The molecule has 1 fully saturated rings. The number of aliphatic carboxylic acids is 1. The van der Waals surface area contributed by atoms with Crippen molar-refractivity contribution in [3.05, 3.63) is 0 Å². The molecule has 6 heteroatoms. The lowest BCUT2D eigenvalue weighted by Gasteiger charge is -2.28. The van der Waals surface area contributed by atoms with Crippen molar-refractivity contribution >= 4 is 11.9 Å². The van der Waals surface area contributed by atoms with Gasteiger partial charge in [-0.2, -0.15) is 0 Å². The number of amides is 1. The molecule has 0 aliphatic carbocycles. The van der Waals surface area contributed by atoms with Gasteiger partial charge in [0, 0.05) is 6.42 Å². The second-order valence-electron chi connectivity index (χ2n) is 4.95. The number of carbonyl (C=O) groups is 2. The van der Waals surface area contributed by atoms with Crippen LogP contribution in [0.3, 0.4) is 0 Å². The van der Waals surface area contributed by atoms with E-state index in [-0.39, 0.29) is 18.4 Å². The number of hydrogen-bond acceptors (Lipinski definition) is 4. The summed E-state index contributed by atoms with van der Waals surface area (Å²) in [4.78, 5) is 22.0. The predicted molar refractivity (Wildman–Crippen MR) is 66.0 cm³/mol. The summed E-state index contributed by atoms with van der Waals surface area (Å²) < 4.78 is 0. The average Bonchev–Trinajstić information content (AvgIpc) is 2.36. The Morgan fingerprint density at radius 3 is 2.78 bits per heavy atom. The summed E-state index contributed by atoms with van der Waals surface area (Å²) in [5, 5.41) is 23.3. The van der Waals surface area contributed by atoms with E-state index < -0.39 is 12.1 Å². The fraction of sp³-hybridized carbons (Fsp3) is 0.833. The molecule has 0 radical (unpaired) electrons. The second-order valence-corrected chi connectivity index (χ2v) is 4.95. The first-order valence-corrected chi connectivity index (χ1v) is 6.39. The van der Waals surface area contributed by atoms with Crippen molar-refractivity contribution in [1.29, 1.82) is 0 Å². The van der Waals surface area contributed by atoms with Gasteiger partial charge in [0.2, 0.25) is 5.91 Å². The number of carbonyl (C=O) groups excluding carboxylic acids is 1. The molecule has 1 aliphatic heterocycles. The molecule has 0 saturated carbocycles. The Morgan fingerprint density at radius 1 is 1.50 bits per heavy atom. The van der Waals surface area contributed by atoms with Crippen LogP contribution >= 0.6 is 0 Å². The number of piperidine rings is 1. The van der Waals surface area contributed by atoms with Crippen LogP contribution in [-0.2, 0) is 9.59 Å². The summed E-state index contributed by atoms with van der Waals surface area (Å²) in [7, 11) is 0. The van der Waals surface area contributed by atoms with E-state index in [1.807, 2.05) is 6.92 Å². The van der Waals surface area contributed by atoms with E-state index in [0.717, 1.165) is 25.9 Å². The number of aliphatic hydroxyl groups excluding tert-OH is 1.